The highest BCUT2D eigenvalue weighted by atomic mass is 35.5. The lowest BCUT2D eigenvalue weighted by Crippen LogP contribution is -2.39. The second-order valence-corrected chi connectivity index (χ2v) is 7.37. The van der Waals surface area contributed by atoms with Crippen molar-refractivity contribution in [1.82, 2.24) is 5.32 Å². The third-order valence-corrected chi connectivity index (χ3v) is 4.85. The van der Waals surface area contributed by atoms with E-state index in [9.17, 15) is 13.2 Å². The molecule has 8 heteroatoms. The Hall–Kier alpha value is -1.15. The Kier molecular flexibility index (Phi) is 4.88. The average molecular weight is 333 g/mol. The molecule has 21 heavy (non-hydrogen) atoms. The largest absolute Gasteiger partial charge is 0.379 e. The van der Waals surface area contributed by atoms with Gasteiger partial charge < -0.3 is 15.4 Å². The topological polar surface area (TPSA) is 84.5 Å². The summed E-state index contributed by atoms with van der Waals surface area (Å²) >= 11 is 6.01. The molecule has 0 aromatic heterocycles. The number of ether oxygens (including phenoxy) is 1. The van der Waals surface area contributed by atoms with Crippen LogP contribution in [0.5, 0.6) is 0 Å². The first kappa shape index (κ1) is 16.2. The molecule has 0 radical (unpaired) electrons. The van der Waals surface area contributed by atoms with E-state index in [2.05, 4.69) is 10.6 Å². The van der Waals surface area contributed by atoms with Crippen LogP contribution in [0.25, 0.3) is 0 Å². The summed E-state index contributed by atoms with van der Waals surface area (Å²) in [6, 6.07) is 4.15. The van der Waals surface area contributed by atoms with Crippen molar-refractivity contribution < 1.29 is 17.9 Å². The number of carbonyl (C=O) groups is 1. The molecule has 0 aliphatic carbocycles. The number of anilines is 1. The maximum absolute atomic E-state index is 12.3. The van der Waals surface area contributed by atoms with Gasteiger partial charge >= 0.3 is 0 Å². The maximum Gasteiger partial charge on any atom is 0.231 e. The molecule has 1 fully saturated rings. The standard InChI is InChI=1S/C13H17ClN2O4S/c1-15-12-7-20-6-9(12)13(17)16-11-5-8(21(2,18)19)3-4-10(11)14/h3-5,9,12,15H,6-7H2,1-2H3,(H,16,17). The lowest BCUT2D eigenvalue weighted by molar-refractivity contribution is -0.120. The van der Waals surface area contributed by atoms with Crippen molar-refractivity contribution in [3.8, 4) is 0 Å². The number of sulfone groups is 1. The molecular weight excluding hydrogens is 316 g/mol. The van der Waals surface area contributed by atoms with Crippen LogP contribution in [-0.4, -0.2) is 46.9 Å². The molecule has 0 spiro atoms. The maximum atomic E-state index is 12.3. The fourth-order valence-corrected chi connectivity index (χ4v) is 2.97. The summed E-state index contributed by atoms with van der Waals surface area (Å²) in [5.74, 6) is -0.590. The molecule has 1 aliphatic heterocycles. The van der Waals surface area contributed by atoms with Gasteiger partial charge in [-0.25, -0.2) is 8.42 Å². The molecule has 2 rings (SSSR count). The fourth-order valence-electron chi connectivity index (χ4n) is 2.15. The Bertz CT molecular complexity index is 648. The molecular formula is C13H17ClN2O4S. The first-order valence-electron chi connectivity index (χ1n) is 6.38. The number of hydrogen-bond acceptors (Lipinski definition) is 5. The van der Waals surface area contributed by atoms with Gasteiger partial charge in [-0.15, -0.1) is 0 Å². The third kappa shape index (κ3) is 3.74. The highest BCUT2D eigenvalue weighted by Crippen LogP contribution is 2.26. The summed E-state index contributed by atoms with van der Waals surface area (Å²) in [4.78, 5) is 12.4. The van der Waals surface area contributed by atoms with Crippen LogP contribution in [0.4, 0.5) is 5.69 Å². The van der Waals surface area contributed by atoms with Crippen LogP contribution in [0.1, 0.15) is 0 Å². The van der Waals surface area contributed by atoms with Crippen molar-refractivity contribution in [3.63, 3.8) is 0 Å². The second kappa shape index (κ2) is 6.31. The highest BCUT2D eigenvalue weighted by Gasteiger charge is 2.33. The van der Waals surface area contributed by atoms with Gasteiger partial charge in [-0.05, 0) is 25.2 Å². The quantitative estimate of drug-likeness (QED) is 0.856. The van der Waals surface area contributed by atoms with Crippen molar-refractivity contribution >= 4 is 33.0 Å². The first-order chi connectivity index (χ1) is 9.82. The molecule has 0 bridgehead atoms. The summed E-state index contributed by atoms with van der Waals surface area (Å²) in [6.45, 7) is 0.784. The van der Waals surface area contributed by atoms with E-state index < -0.39 is 9.84 Å². The van der Waals surface area contributed by atoms with Gasteiger partial charge in [0.25, 0.3) is 0 Å². The van der Waals surface area contributed by atoms with Gasteiger partial charge in [0.15, 0.2) is 9.84 Å². The van der Waals surface area contributed by atoms with Gasteiger partial charge in [-0.3, -0.25) is 4.79 Å². The molecule has 1 amide bonds. The van der Waals surface area contributed by atoms with E-state index in [4.69, 9.17) is 16.3 Å². The average Bonchev–Trinajstić information content (AvgIpc) is 2.88. The van der Waals surface area contributed by atoms with Crippen molar-refractivity contribution in [2.24, 2.45) is 5.92 Å². The van der Waals surface area contributed by atoms with E-state index >= 15 is 0 Å². The van der Waals surface area contributed by atoms with E-state index in [0.29, 0.717) is 13.2 Å². The van der Waals surface area contributed by atoms with Crippen LogP contribution in [-0.2, 0) is 19.4 Å². The normalized spacial score (nSPS) is 22.2. The zero-order valence-corrected chi connectivity index (χ0v) is 13.3. The van der Waals surface area contributed by atoms with Crippen LogP contribution in [0.15, 0.2) is 23.1 Å². The highest BCUT2D eigenvalue weighted by molar-refractivity contribution is 7.90. The van der Waals surface area contributed by atoms with E-state index in [1.807, 2.05) is 0 Å². The van der Waals surface area contributed by atoms with Crippen LogP contribution >= 0.6 is 11.6 Å². The molecule has 0 saturated carbocycles. The lowest BCUT2D eigenvalue weighted by Gasteiger charge is -2.17. The SMILES string of the molecule is CNC1COCC1C(=O)Nc1cc(S(C)(=O)=O)ccc1Cl. The van der Waals surface area contributed by atoms with Crippen molar-refractivity contribution in [1.29, 1.82) is 0 Å². The van der Waals surface area contributed by atoms with Crippen LogP contribution < -0.4 is 10.6 Å². The molecule has 1 heterocycles. The van der Waals surface area contributed by atoms with Crippen molar-refractivity contribution in [2.75, 3.05) is 31.8 Å². The Morgan fingerprint density at radius 1 is 1.38 bits per heavy atom. The smallest absolute Gasteiger partial charge is 0.231 e. The van der Waals surface area contributed by atoms with E-state index in [0.717, 1.165) is 6.26 Å². The Labute approximate surface area is 128 Å². The molecule has 1 aliphatic rings. The monoisotopic (exact) mass is 332 g/mol. The molecule has 2 unspecified atom stereocenters. The van der Waals surface area contributed by atoms with Crippen molar-refractivity contribution in [3.05, 3.63) is 23.2 Å². The number of benzene rings is 1. The Balaban J connectivity index is 2.21. The first-order valence-corrected chi connectivity index (χ1v) is 8.65. The van der Waals surface area contributed by atoms with E-state index in [1.165, 1.54) is 18.2 Å². The van der Waals surface area contributed by atoms with Crippen LogP contribution in [0, 0.1) is 5.92 Å². The fraction of sp³-hybridized carbons (Fsp3) is 0.462. The van der Waals surface area contributed by atoms with Gasteiger partial charge in [0.1, 0.15) is 0 Å². The van der Waals surface area contributed by atoms with Crippen LogP contribution in [0.2, 0.25) is 5.02 Å². The summed E-state index contributed by atoms with van der Waals surface area (Å²) < 4.78 is 28.4. The molecule has 6 nitrogen and oxygen atoms in total. The molecule has 1 aromatic carbocycles. The molecule has 1 saturated heterocycles. The van der Waals surface area contributed by atoms with Gasteiger partial charge in [-0.2, -0.15) is 0 Å². The van der Waals surface area contributed by atoms with Gasteiger partial charge in [-0.1, -0.05) is 11.6 Å². The zero-order valence-electron chi connectivity index (χ0n) is 11.7. The molecule has 116 valence electrons. The summed E-state index contributed by atoms with van der Waals surface area (Å²) in [5, 5.41) is 5.98. The van der Waals surface area contributed by atoms with E-state index in [1.54, 1.807) is 7.05 Å². The number of likely N-dealkylation sites (N-methyl/N-ethyl adjacent to an activating group) is 1. The molecule has 1 aromatic rings. The Morgan fingerprint density at radius 2 is 2.10 bits per heavy atom. The third-order valence-electron chi connectivity index (χ3n) is 3.41. The summed E-state index contributed by atoms with van der Waals surface area (Å²) in [5.41, 5.74) is 0.284. The van der Waals surface area contributed by atoms with Crippen molar-refractivity contribution in [2.45, 2.75) is 10.9 Å². The number of nitrogens with one attached hydrogen (secondary N) is 2. The van der Waals surface area contributed by atoms with Gasteiger partial charge in [0.2, 0.25) is 5.91 Å². The predicted molar refractivity (Wildman–Crippen MR) is 80.3 cm³/mol. The number of hydrogen-bond donors (Lipinski definition) is 2. The summed E-state index contributed by atoms with van der Waals surface area (Å²) in [6.07, 6.45) is 1.10. The number of amides is 1. The number of carbonyl (C=O) groups excluding carboxylic acids is 1. The molecule has 2 atom stereocenters. The van der Waals surface area contributed by atoms with Gasteiger partial charge in [0.05, 0.1) is 34.7 Å². The minimum absolute atomic E-state index is 0.0677. The molecule has 2 N–H and O–H groups in total. The zero-order chi connectivity index (χ0) is 15.6. The summed E-state index contributed by atoms with van der Waals surface area (Å²) in [7, 11) is -1.60. The number of halogens is 1. The minimum atomic E-state index is -3.36. The second-order valence-electron chi connectivity index (χ2n) is 4.94. The van der Waals surface area contributed by atoms with E-state index in [-0.39, 0.29) is 33.5 Å². The van der Waals surface area contributed by atoms with Crippen LogP contribution in [0.3, 0.4) is 0 Å². The number of rotatable bonds is 4. The predicted octanol–water partition coefficient (Wildman–Crippen LogP) is 0.916. The Morgan fingerprint density at radius 3 is 2.71 bits per heavy atom. The lowest BCUT2D eigenvalue weighted by atomic mass is 10.0. The minimum Gasteiger partial charge on any atom is -0.379 e. The van der Waals surface area contributed by atoms with Gasteiger partial charge in [0, 0.05) is 12.3 Å².